The summed E-state index contributed by atoms with van der Waals surface area (Å²) in [5.41, 5.74) is 1.62. The number of hydrogen-bond donors (Lipinski definition) is 1. The van der Waals surface area contributed by atoms with Gasteiger partial charge in [-0.25, -0.2) is 0 Å². The summed E-state index contributed by atoms with van der Waals surface area (Å²) < 4.78 is 0. The number of rotatable bonds is 6. The number of hydrogen-bond acceptors (Lipinski definition) is 3. The van der Waals surface area contributed by atoms with E-state index in [1.54, 1.807) is 18.0 Å². The Kier molecular flexibility index (Phi) is 5.69. The number of pyridine rings is 1. The highest BCUT2D eigenvalue weighted by Crippen LogP contribution is 2.35. The molecule has 4 aromatic rings. The second-order valence-corrected chi connectivity index (χ2v) is 7.72. The van der Waals surface area contributed by atoms with Crippen LogP contribution in [0.2, 0.25) is 0 Å². The molecule has 0 aliphatic rings. The molecule has 0 aliphatic carbocycles. The Morgan fingerprint density at radius 3 is 2.39 bits per heavy atom. The number of amides is 1. The molecular weight excluding hydrogens is 364 g/mol. The molecule has 0 saturated heterocycles. The van der Waals surface area contributed by atoms with Gasteiger partial charge in [-0.1, -0.05) is 54.6 Å². The summed E-state index contributed by atoms with van der Waals surface area (Å²) in [5.74, 6) is -0.0688. The minimum Gasteiger partial charge on any atom is -0.351 e. The van der Waals surface area contributed by atoms with Gasteiger partial charge in [0.1, 0.15) is 0 Å². The number of benzene rings is 3. The van der Waals surface area contributed by atoms with Crippen LogP contribution >= 0.6 is 11.8 Å². The van der Waals surface area contributed by atoms with Crippen LogP contribution in [-0.2, 0) is 0 Å². The zero-order valence-corrected chi connectivity index (χ0v) is 16.1. The monoisotopic (exact) mass is 384 g/mol. The van der Waals surface area contributed by atoms with Crippen LogP contribution < -0.4 is 5.32 Å². The Balaban J connectivity index is 1.54. The average Bonchev–Trinajstić information content (AvgIpc) is 2.77. The smallest absolute Gasteiger partial charge is 0.251 e. The normalized spacial score (nSPS) is 11.9. The molecule has 4 heteroatoms. The van der Waals surface area contributed by atoms with Crippen LogP contribution in [0, 0.1) is 0 Å². The third kappa shape index (κ3) is 4.41. The number of thioether (sulfide) groups is 1. The van der Waals surface area contributed by atoms with E-state index in [9.17, 15) is 4.79 Å². The first-order valence-corrected chi connectivity index (χ1v) is 10.1. The maximum atomic E-state index is 12.5. The van der Waals surface area contributed by atoms with Crippen molar-refractivity contribution >= 4 is 28.4 Å². The Morgan fingerprint density at radius 2 is 1.61 bits per heavy atom. The summed E-state index contributed by atoms with van der Waals surface area (Å²) in [6.45, 7) is 0.502. The Hall–Kier alpha value is -3.11. The second-order valence-electron chi connectivity index (χ2n) is 6.45. The van der Waals surface area contributed by atoms with Crippen LogP contribution in [-0.4, -0.2) is 17.4 Å². The third-order valence-electron chi connectivity index (χ3n) is 4.50. The molecule has 1 amide bonds. The van der Waals surface area contributed by atoms with Crippen molar-refractivity contribution in [2.75, 3.05) is 6.54 Å². The molecule has 1 aromatic heterocycles. The second kappa shape index (κ2) is 8.72. The van der Waals surface area contributed by atoms with Gasteiger partial charge >= 0.3 is 0 Å². The molecule has 3 nitrogen and oxygen atoms in total. The molecule has 0 unspecified atom stereocenters. The van der Waals surface area contributed by atoms with E-state index < -0.39 is 0 Å². The van der Waals surface area contributed by atoms with Crippen molar-refractivity contribution in [2.45, 2.75) is 10.1 Å². The summed E-state index contributed by atoms with van der Waals surface area (Å²) in [5, 5.41) is 5.51. The number of fused-ring (bicyclic) bond motifs is 1. The number of carbonyl (C=O) groups is 1. The molecule has 0 spiro atoms. The largest absolute Gasteiger partial charge is 0.351 e. The van der Waals surface area contributed by atoms with Crippen molar-refractivity contribution in [1.82, 2.24) is 10.3 Å². The lowest BCUT2D eigenvalue weighted by Gasteiger charge is -2.17. The van der Waals surface area contributed by atoms with Gasteiger partial charge in [0.15, 0.2) is 0 Å². The highest BCUT2D eigenvalue weighted by molar-refractivity contribution is 7.99. The first-order valence-electron chi connectivity index (χ1n) is 9.19. The van der Waals surface area contributed by atoms with Gasteiger partial charge in [0.25, 0.3) is 5.91 Å². The molecule has 1 heterocycles. The van der Waals surface area contributed by atoms with E-state index >= 15 is 0 Å². The van der Waals surface area contributed by atoms with Gasteiger partial charge in [0.05, 0.1) is 10.9 Å². The molecule has 3 aromatic carbocycles. The predicted octanol–water partition coefficient (Wildman–Crippen LogP) is 5.50. The SMILES string of the molecule is O=C(NC[C@@H](Sc1ccc2ccccc2c1)c1ccccn1)c1ccccc1. The molecule has 1 N–H and O–H groups in total. The first-order chi connectivity index (χ1) is 13.8. The van der Waals surface area contributed by atoms with E-state index in [1.165, 1.54) is 10.8 Å². The van der Waals surface area contributed by atoms with Gasteiger partial charge in [0.2, 0.25) is 0 Å². The molecule has 4 rings (SSSR count). The topological polar surface area (TPSA) is 42.0 Å². The lowest BCUT2D eigenvalue weighted by atomic mass is 10.1. The number of aromatic nitrogens is 1. The highest BCUT2D eigenvalue weighted by atomic mass is 32.2. The van der Waals surface area contributed by atoms with Crippen molar-refractivity contribution in [3.05, 3.63) is 108 Å². The summed E-state index contributed by atoms with van der Waals surface area (Å²) >= 11 is 1.72. The zero-order chi connectivity index (χ0) is 19.2. The van der Waals surface area contributed by atoms with E-state index in [0.717, 1.165) is 10.6 Å². The Morgan fingerprint density at radius 1 is 0.857 bits per heavy atom. The quantitative estimate of drug-likeness (QED) is 0.447. The van der Waals surface area contributed by atoms with Gasteiger partial charge in [-0.05, 0) is 47.2 Å². The fourth-order valence-electron chi connectivity index (χ4n) is 3.06. The number of carbonyl (C=O) groups excluding carboxylic acids is 1. The lowest BCUT2D eigenvalue weighted by Crippen LogP contribution is -2.27. The molecule has 1 atom stereocenters. The standard InChI is InChI=1S/C24H20N2OS/c27-24(19-9-2-1-3-10-19)26-17-23(22-12-6-7-15-25-22)28-21-14-13-18-8-4-5-11-20(18)16-21/h1-16,23H,17H2,(H,26,27)/t23-/m1/s1. The summed E-state index contributed by atoms with van der Waals surface area (Å²) in [6.07, 6.45) is 1.79. The van der Waals surface area contributed by atoms with Crippen molar-refractivity contribution in [3.63, 3.8) is 0 Å². The lowest BCUT2D eigenvalue weighted by molar-refractivity contribution is 0.0953. The van der Waals surface area contributed by atoms with E-state index in [0.29, 0.717) is 12.1 Å². The maximum Gasteiger partial charge on any atom is 0.251 e. The summed E-state index contributed by atoms with van der Waals surface area (Å²) in [7, 11) is 0. The fourth-order valence-corrected chi connectivity index (χ4v) is 4.15. The Bertz CT molecular complexity index is 1070. The van der Waals surface area contributed by atoms with Crippen LogP contribution in [0.25, 0.3) is 10.8 Å². The van der Waals surface area contributed by atoms with Crippen LogP contribution in [0.15, 0.2) is 102 Å². The van der Waals surface area contributed by atoms with Crippen LogP contribution in [0.5, 0.6) is 0 Å². The van der Waals surface area contributed by atoms with E-state index in [1.807, 2.05) is 60.7 Å². The fraction of sp³-hybridized carbons (Fsp3) is 0.0833. The minimum absolute atomic E-state index is 0.0232. The predicted molar refractivity (Wildman–Crippen MR) is 116 cm³/mol. The molecular formula is C24H20N2OS. The van der Waals surface area contributed by atoms with E-state index in [4.69, 9.17) is 0 Å². The number of nitrogens with one attached hydrogen (secondary N) is 1. The van der Waals surface area contributed by atoms with Gasteiger partial charge in [-0.2, -0.15) is 0 Å². The van der Waals surface area contributed by atoms with E-state index in [-0.39, 0.29) is 11.2 Å². The molecule has 0 fully saturated rings. The molecule has 28 heavy (non-hydrogen) atoms. The molecule has 0 saturated carbocycles. The van der Waals surface area contributed by atoms with Crippen molar-refractivity contribution in [2.24, 2.45) is 0 Å². The molecule has 0 radical (unpaired) electrons. The zero-order valence-electron chi connectivity index (χ0n) is 15.3. The molecule has 0 aliphatic heterocycles. The van der Waals surface area contributed by atoms with E-state index in [2.05, 4.69) is 40.6 Å². The Labute approximate surface area is 168 Å². The van der Waals surface area contributed by atoms with Crippen LogP contribution in [0.3, 0.4) is 0 Å². The molecule has 0 bridgehead atoms. The average molecular weight is 385 g/mol. The highest BCUT2D eigenvalue weighted by Gasteiger charge is 2.16. The van der Waals surface area contributed by atoms with Crippen LogP contribution in [0.1, 0.15) is 21.3 Å². The maximum absolute atomic E-state index is 12.5. The molecule has 138 valence electrons. The summed E-state index contributed by atoms with van der Waals surface area (Å²) in [6, 6.07) is 30.0. The van der Waals surface area contributed by atoms with Crippen molar-refractivity contribution < 1.29 is 4.79 Å². The van der Waals surface area contributed by atoms with Gasteiger partial charge in [-0.3, -0.25) is 9.78 Å². The van der Waals surface area contributed by atoms with Gasteiger partial charge < -0.3 is 5.32 Å². The third-order valence-corrected chi connectivity index (χ3v) is 5.72. The van der Waals surface area contributed by atoms with Gasteiger partial charge in [0, 0.05) is 23.2 Å². The van der Waals surface area contributed by atoms with Gasteiger partial charge in [-0.15, -0.1) is 11.8 Å². The number of nitrogens with zero attached hydrogens (tertiary/aromatic N) is 1. The first kappa shape index (κ1) is 18.3. The summed E-state index contributed by atoms with van der Waals surface area (Å²) in [4.78, 5) is 18.1. The van der Waals surface area contributed by atoms with Crippen LogP contribution in [0.4, 0.5) is 0 Å². The van der Waals surface area contributed by atoms with Crippen molar-refractivity contribution in [1.29, 1.82) is 0 Å². The minimum atomic E-state index is -0.0688. The van der Waals surface area contributed by atoms with Crippen molar-refractivity contribution in [3.8, 4) is 0 Å².